The molecule has 3 heterocycles. The number of aromatic hydroxyl groups is 1. The highest BCUT2D eigenvalue weighted by Gasteiger charge is 2.70. The van der Waals surface area contributed by atoms with Gasteiger partial charge in [0.15, 0.2) is 5.82 Å². The summed E-state index contributed by atoms with van der Waals surface area (Å²) in [5.74, 6) is -10.5. The smallest absolute Gasteiger partial charge is 0.508 e. The third-order valence-corrected chi connectivity index (χ3v) is 10.9. The topological polar surface area (TPSA) is 129 Å². The van der Waals surface area contributed by atoms with Crippen molar-refractivity contribution in [2.24, 2.45) is 23.7 Å². The Bertz CT molecular complexity index is 2080. The fourth-order valence-electron chi connectivity index (χ4n) is 8.25. The van der Waals surface area contributed by atoms with Gasteiger partial charge in [0, 0.05) is 29.7 Å². The Balaban J connectivity index is 1.47. The Kier molecular flexibility index (Phi) is 8.29. The number of alkyl halides is 6. The zero-order valence-corrected chi connectivity index (χ0v) is 27.9. The van der Waals surface area contributed by atoms with E-state index in [1.807, 2.05) is 0 Å². The SMILES string of the molecule is CN1C(=O)C2CC=C3C(CC4C(=O)N(Nc5ncc(C(F)(F)F)cc5Cl)C(=O)C4(c4ccc(Cl)cc4)C3c3cc(OC(F)(F)F)ccc3O)C2C1=O. The first-order valence-corrected chi connectivity index (χ1v) is 16.3. The van der Waals surface area contributed by atoms with Crippen LogP contribution in [0, 0.1) is 23.7 Å². The minimum atomic E-state index is -5.16. The van der Waals surface area contributed by atoms with Crippen molar-refractivity contribution < 1.29 is 55.4 Å². The van der Waals surface area contributed by atoms with Gasteiger partial charge < -0.3 is 9.84 Å². The predicted octanol–water partition coefficient (Wildman–Crippen LogP) is 6.63. The van der Waals surface area contributed by atoms with Crippen LogP contribution in [-0.2, 0) is 30.8 Å². The van der Waals surface area contributed by atoms with Crippen molar-refractivity contribution in [1.82, 2.24) is 14.9 Å². The third kappa shape index (κ3) is 5.45. The van der Waals surface area contributed by atoms with E-state index in [9.17, 15) is 45.8 Å². The summed E-state index contributed by atoms with van der Waals surface area (Å²) < 4.78 is 84.7. The van der Waals surface area contributed by atoms with Crippen molar-refractivity contribution in [3.05, 3.63) is 93.1 Å². The maximum absolute atomic E-state index is 15.1. The van der Waals surface area contributed by atoms with Gasteiger partial charge in [0.05, 0.1) is 33.8 Å². The van der Waals surface area contributed by atoms with E-state index in [0.29, 0.717) is 22.8 Å². The number of hydrazine groups is 1. The molecular formula is C34H24Cl2F6N4O6. The summed E-state index contributed by atoms with van der Waals surface area (Å²) >= 11 is 12.3. The van der Waals surface area contributed by atoms with Crippen LogP contribution < -0.4 is 10.2 Å². The molecule has 52 heavy (non-hydrogen) atoms. The maximum atomic E-state index is 15.1. The first-order chi connectivity index (χ1) is 24.3. The molecule has 1 aromatic heterocycles. The number of nitrogens with one attached hydrogen (secondary N) is 1. The largest absolute Gasteiger partial charge is 0.573 e. The van der Waals surface area contributed by atoms with E-state index in [1.165, 1.54) is 31.3 Å². The quantitative estimate of drug-likeness (QED) is 0.168. The van der Waals surface area contributed by atoms with E-state index in [-0.39, 0.29) is 29.0 Å². The number of ether oxygens (including phenoxy) is 1. The number of amides is 4. The van der Waals surface area contributed by atoms with Crippen molar-refractivity contribution >= 4 is 52.6 Å². The summed E-state index contributed by atoms with van der Waals surface area (Å²) in [6.07, 6.45) is -8.17. The lowest BCUT2D eigenvalue weighted by molar-refractivity contribution is -0.274. The molecule has 0 spiro atoms. The number of pyridine rings is 1. The van der Waals surface area contributed by atoms with Crippen LogP contribution in [0.2, 0.25) is 10.0 Å². The Morgan fingerprint density at radius 2 is 1.63 bits per heavy atom. The maximum Gasteiger partial charge on any atom is 0.573 e. The molecule has 4 amide bonds. The lowest BCUT2D eigenvalue weighted by Gasteiger charge is -2.50. The molecular weight excluding hydrogens is 745 g/mol. The van der Waals surface area contributed by atoms with Crippen molar-refractivity contribution in [3.63, 3.8) is 0 Å². The van der Waals surface area contributed by atoms with Crippen LogP contribution in [0.4, 0.5) is 32.2 Å². The Morgan fingerprint density at radius 1 is 0.942 bits per heavy atom. The molecule has 2 N–H and O–H groups in total. The first-order valence-electron chi connectivity index (χ1n) is 15.6. The van der Waals surface area contributed by atoms with Crippen molar-refractivity contribution in [1.29, 1.82) is 0 Å². The van der Waals surface area contributed by atoms with Gasteiger partial charge in [-0.2, -0.15) is 18.2 Å². The Morgan fingerprint density at radius 3 is 2.27 bits per heavy atom. The molecule has 3 fully saturated rings. The summed E-state index contributed by atoms with van der Waals surface area (Å²) in [5, 5.41) is 11.5. The molecule has 272 valence electrons. The highest BCUT2D eigenvalue weighted by atomic mass is 35.5. The minimum Gasteiger partial charge on any atom is -0.508 e. The molecule has 0 radical (unpaired) electrons. The number of hydrogen-bond donors (Lipinski definition) is 2. The zero-order chi connectivity index (χ0) is 37.7. The molecule has 2 aliphatic heterocycles. The average Bonchev–Trinajstić information content (AvgIpc) is 3.42. The number of anilines is 1. The average molecular weight is 769 g/mol. The van der Waals surface area contributed by atoms with Crippen LogP contribution in [0.1, 0.15) is 35.4 Å². The second-order valence-electron chi connectivity index (χ2n) is 12.9. The van der Waals surface area contributed by atoms with Crippen LogP contribution in [0.15, 0.2) is 66.4 Å². The van der Waals surface area contributed by atoms with Crippen molar-refractivity contribution in [3.8, 4) is 11.5 Å². The lowest BCUT2D eigenvalue weighted by atomic mass is 9.49. The lowest BCUT2D eigenvalue weighted by Crippen LogP contribution is -2.53. The number of carbonyl (C=O) groups excluding carboxylic acids is 4. The predicted molar refractivity (Wildman–Crippen MR) is 169 cm³/mol. The monoisotopic (exact) mass is 768 g/mol. The second-order valence-corrected chi connectivity index (χ2v) is 13.8. The van der Waals surface area contributed by atoms with Crippen LogP contribution in [0.25, 0.3) is 0 Å². The van der Waals surface area contributed by atoms with Gasteiger partial charge in [-0.3, -0.25) is 29.5 Å². The number of halogens is 8. The molecule has 2 aliphatic carbocycles. The molecule has 2 aromatic carbocycles. The molecule has 10 nitrogen and oxygen atoms in total. The summed E-state index contributed by atoms with van der Waals surface area (Å²) in [4.78, 5) is 61.0. The van der Waals surface area contributed by atoms with Crippen LogP contribution >= 0.6 is 23.2 Å². The Hall–Kier alpha value is -4.83. The van der Waals surface area contributed by atoms with Gasteiger partial charge in [-0.15, -0.1) is 13.2 Å². The number of phenolic OH excluding ortho intramolecular Hbond substituents is 1. The van der Waals surface area contributed by atoms with Gasteiger partial charge in [-0.05, 0) is 60.7 Å². The summed E-state index contributed by atoms with van der Waals surface area (Å²) in [5.41, 5.74) is -0.690. The summed E-state index contributed by atoms with van der Waals surface area (Å²) in [6.45, 7) is 0. The van der Waals surface area contributed by atoms with Crippen molar-refractivity contribution in [2.45, 2.75) is 36.7 Å². The van der Waals surface area contributed by atoms with Crippen LogP contribution in [-0.4, -0.2) is 57.0 Å². The molecule has 6 unspecified atom stereocenters. The standard InChI is InChI=1S/C34H24Cl2F6N4O6/c1-45-28(48)19-8-7-18-20(25(19)30(45)50)12-22-29(49)46(44-27-23(36)10-15(13-43-27)33(37,38)39)31(51)32(22,14-2-4-16(35)5-3-14)26(18)21-11-17(6-9-24(21)47)52-34(40,41)42/h2-7,9-11,13,19-20,22,25-26,47H,8,12H2,1H3,(H,43,44). The number of carbonyl (C=O) groups is 4. The fraction of sp³-hybridized carbons (Fsp3) is 0.324. The van der Waals surface area contributed by atoms with Gasteiger partial charge in [0.2, 0.25) is 11.8 Å². The number of hydrogen-bond acceptors (Lipinski definition) is 8. The number of fused-ring (bicyclic) bond motifs is 4. The number of benzene rings is 2. The fourth-order valence-corrected chi connectivity index (χ4v) is 8.58. The zero-order valence-electron chi connectivity index (χ0n) is 26.4. The van der Waals surface area contributed by atoms with Crippen LogP contribution in [0.5, 0.6) is 11.5 Å². The first kappa shape index (κ1) is 35.6. The van der Waals surface area contributed by atoms with Crippen molar-refractivity contribution in [2.75, 3.05) is 12.5 Å². The number of imide groups is 2. The molecule has 6 atom stereocenters. The minimum absolute atomic E-state index is 0.00202. The summed E-state index contributed by atoms with van der Waals surface area (Å²) in [7, 11) is 1.31. The van der Waals surface area contributed by atoms with Gasteiger partial charge >= 0.3 is 12.5 Å². The molecule has 3 aromatic rings. The number of rotatable bonds is 5. The van der Waals surface area contributed by atoms with E-state index in [2.05, 4.69) is 15.1 Å². The molecule has 0 bridgehead atoms. The molecule has 2 saturated heterocycles. The van der Waals surface area contributed by atoms with E-state index in [1.54, 1.807) is 6.08 Å². The van der Waals surface area contributed by atoms with E-state index in [0.717, 1.165) is 23.1 Å². The number of phenols is 1. The van der Waals surface area contributed by atoms with E-state index < -0.39 is 99.1 Å². The van der Waals surface area contributed by atoms with E-state index >= 15 is 4.79 Å². The number of allylic oxidation sites excluding steroid dienone is 2. The van der Waals surface area contributed by atoms with Gasteiger partial charge in [0.25, 0.3) is 11.8 Å². The Labute approximate surface area is 299 Å². The highest BCUT2D eigenvalue weighted by molar-refractivity contribution is 6.33. The van der Waals surface area contributed by atoms with Gasteiger partial charge in [-0.25, -0.2) is 4.98 Å². The molecule has 7 rings (SSSR count). The molecule has 4 aliphatic rings. The highest BCUT2D eigenvalue weighted by Crippen LogP contribution is 2.65. The number of aromatic nitrogens is 1. The second kappa shape index (κ2) is 12.1. The van der Waals surface area contributed by atoms with Gasteiger partial charge in [0.1, 0.15) is 11.5 Å². The third-order valence-electron chi connectivity index (χ3n) is 10.3. The summed E-state index contributed by atoms with van der Waals surface area (Å²) in [6, 6.07) is 8.89. The number of likely N-dealkylation sites (tertiary alicyclic amines) is 1. The molecule has 1 saturated carbocycles. The molecule has 18 heteroatoms. The number of nitrogens with zero attached hydrogens (tertiary/aromatic N) is 3. The van der Waals surface area contributed by atoms with Gasteiger partial charge in [-0.1, -0.05) is 47.0 Å². The van der Waals surface area contributed by atoms with Crippen LogP contribution in [0.3, 0.4) is 0 Å². The van der Waals surface area contributed by atoms with E-state index in [4.69, 9.17) is 23.2 Å². The normalized spacial score (nSPS) is 27.3.